The van der Waals surface area contributed by atoms with Crippen LogP contribution in [0.25, 0.3) is 16.9 Å². The van der Waals surface area contributed by atoms with Crippen LogP contribution in [0.2, 0.25) is 0 Å². The number of amides is 2. The highest BCUT2D eigenvalue weighted by Gasteiger charge is 2.31. The highest BCUT2D eigenvalue weighted by atomic mass is 19.4. The number of hydrogen-bond acceptors (Lipinski definition) is 7. The number of alkyl halides is 3. The summed E-state index contributed by atoms with van der Waals surface area (Å²) in [5, 5.41) is 21.6. The van der Waals surface area contributed by atoms with Gasteiger partial charge < -0.3 is 5.32 Å². The van der Waals surface area contributed by atoms with Crippen molar-refractivity contribution in [3.05, 3.63) is 48.2 Å². The minimum atomic E-state index is -4.51. The Morgan fingerprint density at radius 3 is 2.73 bits per heavy atom. The molecular weight excluding hydrogens is 441 g/mol. The first kappa shape index (κ1) is 22.1. The molecule has 172 valence electrons. The van der Waals surface area contributed by atoms with Crippen LogP contribution in [0.15, 0.2) is 36.8 Å². The van der Waals surface area contributed by atoms with E-state index in [4.69, 9.17) is 0 Å². The number of imidazole rings is 1. The summed E-state index contributed by atoms with van der Waals surface area (Å²) in [5.74, 6) is 0.737. The van der Waals surface area contributed by atoms with Crippen LogP contribution in [-0.4, -0.2) is 52.4 Å². The van der Waals surface area contributed by atoms with Crippen LogP contribution in [0.3, 0.4) is 0 Å². The molecule has 0 aliphatic heterocycles. The van der Waals surface area contributed by atoms with Crippen molar-refractivity contribution in [3.8, 4) is 11.3 Å². The van der Waals surface area contributed by atoms with Crippen LogP contribution in [0.5, 0.6) is 0 Å². The fourth-order valence-corrected chi connectivity index (χ4v) is 2.85. The van der Waals surface area contributed by atoms with E-state index in [1.54, 1.807) is 6.07 Å². The molecule has 4 heterocycles. The maximum Gasteiger partial charge on any atom is 0.417 e. The van der Waals surface area contributed by atoms with Gasteiger partial charge >= 0.3 is 12.2 Å². The number of aromatic nitrogens is 8. The molecule has 0 saturated heterocycles. The van der Waals surface area contributed by atoms with Gasteiger partial charge in [0.15, 0.2) is 17.3 Å². The number of nitrogens with zero attached hydrogens (tertiary/aromatic N) is 8. The molecule has 2 amide bonds. The maximum absolute atomic E-state index is 12.9. The molecule has 0 unspecified atom stereocenters. The van der Waals surface area contributed by atoms with Crippen molar-refractivity contribution in [1.29, 1.82) is 0 Å². The molecule has 0 radical (unpaired) electrons. The molecule has 0 aromatic carbocycles. The lowest BCUT2D eigenvalue weighted by molar-refractivity contribution is -0.137. The normalized spacial score (nSPS) is 11.8. The van der Waals surface area contributed by atoms with Crippen LogP contribution in [0, 0.1) is 0 Å². The van der Waals surface area contributed by atoms with E-state index in [0.717, 1.165) is 12.3 Å². The third-order valence-corrected chi connectivity index (χ3v) is 4.49. The summed E-state index contributed by atoms with van der Waals surface area (Å²) in [5.41, 5.74) is 0.0177. The second-order valence-electron chi connectivity index (χ2n) is 7.36. The van der Waals surface area contributed by atoms with Gasteiger partial charge in [-0.05, 0) is 37.3 Å². The Labute approximate surface area is 185 Å². The van der Waals surface area contributed by atoms with Crippen molar-refractivity contribution >= 4 is 17.5 Å². The zero-order valence-electron chi connectivity index (χ0n) is 17.6. The SMILES string of the molecule is CC(C)n1nnc(CCNC(=O)Nc2cn3nc(-c4cncc(C(F)(F)F)c4)ccc3n2)n1. The fraction of sp³-hybridized carbons (Fsp3) is 0.316. The molecule has 4 aromatic heterocycles. The van der Waals surface area contributed by atoms with E-state index in [1.807, 2.05) is 13.8 Å². The molecule has 0 fully saturated rings. The zero-order chi connectivity index (χ0) is 23.6. The van der Waals surface area contributed by atoms with Crippen molar-refractivity contribution in [2.24, 2.45) is 0 Å². The van der Waals surface area contributed by atoms with Gasteiger partial charge in [-0.3, -0.25) is 10.3 Å². The number of carbonyl (C=O) groups excluding carboxylic acids is 1. The van der Waals surface area contributed by atoms with E-state index in [1.165, 1.54) is 27.8 Å². The topological polar surface area (TPSA) is 128 Å². The van der Waals surface area contributed by atoms with E-state index in [2.05, 4.69) is 41.1 Å². The number of fused-ring (bicyclic) bond motifs is 1. The number of pyridine rings is 1. The molecular formula is C19H19F3N10O. The van der Waals surface area contributed by atoms with Gasteiger partial charge in [-0.15, -0.1) is 10.2 Å². The number of urea groups is 1. The molecule has 0 spiro atoms. The molecule has 14 heteroatoms. The second kappa shape index (κ2) is 8.80. The van der Waals surface area contributed by atoms with E-state index < -0.39 is 17.8 Å². The lowest BCUT2D eigenvalue weighted by atomic mass is 10.1. The van der Waals surface area contributed by atoms with E-state index in [9.17, 15) is 18.0 Å². The molecule has 2 N–H and O–H groups in total. The fourth-order valence-electron chi connectivity index (χ4n) is 2.85. The van der Waals surface area contributed by atoms with E-state index in [0.29, 0.717) is 17.9 Å². The first-order valence-corrected chi connectivity index (χ1v) is 9.91. The standard InChI is InChI=1S/C19H19F3N10O/c1-11(2)32-29-15(27-30-32)5-6-24-18(33)26-16-10-31-17(25-16)4-3-14(28-31)12-7-13(9-23-8-12)19(20,21)22/h3-4,7-11H,5-6H2,1-2H3,(H2,24,26,33). The predicted octanol–water partition coefficient (Wildman–Crippen LogP) is 2.74. The van der Waals surface area contributed by atoms with Gasteiger partial charge in [0.05, 0.1) is 23.5 Å². The average molecular weight is 460 g/mol. The average Bonchev–Trinajstić information content (AvgIpc) is 3.39. The highest BCUT2D eigenvalue weighted by Crippen LogP contribution is 2.31. The number of rotatable bonds is 6. The summed E-state index contributed by atoms with van der Waals surface area (Å²) in [6, 6.07) is 3.68. The Morgan fingerprint density at radius 2 is 2.00 bits per heavy atom. The smallest absolute Gasteiger partial charge is 0.337 e. The number of tetrazole rings is 1. The van der Waals surface area contributed by atoms with Crippen LogP contribution in [-0.2, 0) is 12.6 Å². The van der Waals surface area contributed by atoms with Crippen LogP contribution in [0.4, 0.5) is 23.8 Å². The quantitative estimate of drug-likeness (QED) is 0.453. The van der Waals surface area contributed by atoms with Crippen molar-refractivity contribution in [3.63, 3.8) is 0 Å². The molecule has 4 rings (SSSR count). The number of carbonyl (C=O) groups is 1. The Hall–Kier alpha value is -4.10. The first-order chi connectivity index (χ1) is 15.7. The summed E-state index contributed by atoms with van der Waals surface area (Å²) >= 11 is 0. The third kappa shape index (κ3) is 5.22. The lowest BCUT2D eigenvalue weighted by Gasteiger charge is -2.07. The molecule has 0 atom stereocenters. The predicted molar refractivity (Wildman–Crippen MR) is 110 cm³/mol. The zero-order valence-corrected chi connectivity index (χ0v) is 17.6. The van der Waals surface area contributed by atoms with Gasteiger partial charge in [-0.1, -0.05) is 0 Å². The Bertz CT molecular complexity index is 1280. The molecule has 4 aromatic rings. The van der Waals surface area contributed by atoms with Crippen LogP contribution in [0.1, 0.15) is 31.3 Å². The summed E-state index contributed by atoms with van der Waals surface area (Å²) in [6.45, 7) is 4.15. The van der Waals surface area contributed by atoms with Gasteiger partial charge in [0.2, 0.25) is 0 Å². The summed E-state index contributed by atoms with van der Waals surface area (Å²) < 4.78 is 40.2. The van der Waals surface area contributed by atoms with Crippen molar-refractivity contribution < 1.29 is 18.0 Å². The van der Waals surface area contributed by atoms with Crippen molar-refractivity contribution in [2.75, 3.05) is 11.9 Å². The van der Waals surface area contributed by atoms with Gasteiger partial charge in [0.25, 0.3) is 0 Å². The van der Waals surface area contributed by atoms with E-state index in [-0.39, 0.29) is 29.7 Å². The number of halogens is 3. The molecule has 0 saturated carbocycles. The van der Waals surface area contributed by atoms with Gasteiger partial charge in [0, 0.05) is 30.9 Å². The molecule has 0 bridgehead atoms. The van der Waals surface area contributed by atoms with Crippen molar-refractivity contribution in [1.82, 2.24) is 45.1 Å². The largest absolute Gasteiger partial charge is 0.417 e. The minimum Gasteiger partial charge on any atom is -0.337 e. The minimum absolute atomic E-state index is 0.0940. The Morgan fingerprint density at radius 1 is 1.18 bits per heavy atom. The summed E-state index contributed by atoms with van der Waals surface area (Å²) in [7, 11) is 0. The first-order valence-electron chi connectivity index (χ1n) is 9.91. The number of anilines is 1. The maximum atomic E-state index is 12.9. The Balaban J connectivity index is 1.39. The van der Waals surface area contributed by atoms with Gasteiger partial charge in [0.1, 0.15) is 0 Å². The molecule has 11 nitrogen and oxygen atoms in total. The van der Waals surface area contributed by atoms with E-state index >= 15 is 0 Å². The Kier molecular flexibility index (Phi) is 5.89. The highest BCUT2D eigenvalue weighted by molar-refractivity contribution is 5.88. The number of hydrogen-bond donors (Lipinski definition) is 2. The number of nitrogens with one attached hydrogen (secondary N) is 2. The second-order valence-corrected chi connectivity index (χ2v) is 7.36. The molecule has 0 aliphatic carbocycles. The molecule has 33 heavy (non-hydrogen) atoms. The van der Waals surface area contributed by atoms with Crippen molar-refractivity contribution in [2.45, 2.75) is 32.5 Å². The van der Waals surface area contributed by atoms with Gasteiger partial charge in [-0.2, -0.15) is 23.1 Å². The third-order valence-electron chi connectivity index (χ3n) is 4.49. The van der Waals surface area contributed by atoms with Crippen LogP contribution < -0.4 is 10.6 Å². The lowest BCUT2D eigenvalue weighted by Crippen LogP contribution is -2.30. The summed E-state index contributed by atoms with van der Waals surface area (Å²) in [6.07, 6.45) is -0.603. The van der Waals surface area contributed by atoms with Gasteiger partial charge in [-0.25, -0.2) is 14.3 Å². The molecule has 0 aliphatic rings. The summed E-state index contributed by atoms with van der Waals surface area (Å²) in [4.78, 5) is 21.5. The monoisotopic (exact) mass is 460 g/mol. The van der Waals surface area contributed by atoms with Crippen LogP contribution >= 0.6 is 0 Å².